The fourth-order valence-electron chi connectivity index (χ4n) is 1.33. The van der Waals surface area contributed by atoms with Crippen molar-refractivity contribution in [1.82, 2.24) is 0 Å². The summed E-state index contributed by atoms with van der Waals surface area (Å²) in [6, 6.07) is 17.9. The molecule has 1 nitrogen and oxygen atoms in total. The van der Waals surface area contributed by atoms with E-state index in [0.29, 0.717) is 6.61 Å². The van der Waals surface area contributed by atoms with Gasteiger partial charge in [0.05, 0.1) is 0 Å². The summed E-state index contributed by atoms with van der Waals surface area (Å²) in [6.45, 7) is 4.43. The maximum Gasteiger partial charge on any atom is 0.618 e. The van der Waals surface area contributed by atoms with E-state index in [1.165, 1.54) is 5.56 Å². The molecule has 2 aromatic rings. The first-order valence-corrected chi connectivity index (χ1v) is 9.74. The van der Waals surface area contributed by atoms with Gasteiger partial charge < -0.3 is 22.9 Å². The third kappa shape index (κ3) is 6.50. The second-order valence-corrected chi connectivity index (χ2v) is 6.15. The summed E-state index contributed by atoms with van der Waals surface area (Å²) in [5, 5.41) is 0. The Bertz CT molecular complexity index is 431. The molecule has 0 fully saturated rings. The summed E-state index contributed by atoms with van der Waals surface area (Å²) in [7, 11) is 9.81. The number of hydrogen-bond donors (Lipinski definition) is 0. The first-order valence-electron chi connectivity index (χ1n) is 5.47. The Kier molecular flexibility index (Phi) is 8.26. The van der Waals surface area contributed by atoms with Crippen LogP contribution in [-0.2, 0) is 6.61 Å². The van der Waals surface area contributed by atoms with Crippen LogP contribution in [0.4, 0.5) is 0 Å². The van der Waals surface area contributed by atoms with E-state index in [0.717, 1.165) is 11.3 Å². The van der Waals surface area contributed by atoms with Gasteiger partial charge in [0.1, 0.15) is 12.4 Å². The lowest BCUT2D eigenvalue weighted by molar-refractivity contribution is 0.306. The molecule has 0 unspecified atom stereocenters. The van der Waals surface area contributed by atoms with E-state index in [1.807, 2.05) is 42.5 Å². The van der Waals surface area contributed by atoms with Crippen molar-refractivity contribution in [3.8, 4) is 5.75 Å². The lowest BCUT2D eigenvalue weighted by Gasteiger charge is -2.05. The maximum absolute atomic E-state index is 5.62. The summed E-state index contributed by atoms with van der Waals surface area (Å²) in [5.41, 5.74) is 2.18. The highest BCUT2D eigenvalue weighted by Gasteiger charge is 1.94. The van der Waals surface area contributed by atoms with Crippen molar-refractivity contribution in [3.63, 3.8) is 0 Å². The minimum atomic E-state index is -0.639. The Labute approximate surface area is 125 Å². The molecule has 0 N–H and O–H groups in total. The van der Waals surface area contributed by atoms with Crippen LogP contribution in [0.25, 0.3) is 0 Å². The summed E-state index contributed by atoms with van der Waals surface area (Å²) in [5.74, 6) is 0.881. The molecular formula is C14H13Cl2MgO. The third-order valence-electron chi connectivity index (χ3n) is 2.17. The van der Waals surface area contributed by atoms with Crippen molar-refractivity contribution >= 4 is 36.3 Å². The van der Waals surface area contributed by atoms with Gasteiger partial charge in [-0.1, -0.05) is 42.5 Å². The van der Waals surface area contributed by atoms with Gasteiger partial charge in [0.25, 0.3) is 0 Å². The topological polar surface area (TPSA) is 9.23 Å². The second-order valence-electron chi connectivity index (χ2n) is 3.52. The van der Waals surface area contributed by atoms with E-state index in [9.17, 15) is 0 Å². The molecule has 1 radical (unpaired) electrons. The molecule has 0 heterocycles. The molecule has 0 aromatic heterocycles. The largest absolute Gasteiger partial charge is 0.618 e. The van der Waals surface area contributed by atoms with E-state index in [-0.39, 0.29) is 0 Å². The minimum absolute atomic E-state index is 0.608. The molecule has 0 atom stereocenters. The molecule has 0 amide bonds. The average Bonchev–Trinajstić information content (AvgIpc) is 2.40. The van der Waals surface area contributed by atoms with Crippen molar-refractivity contribution in [1.29, 1.82) is 0 Å². The van der Waals surface area contributed by atoms with Gasteiger partial charge in [-0.05, 0) is 30.2 Å². The molecule has 4 heteroatoms. The molecule has 0 aliphatic carbocycles. The molecule has 0 aliphatic rings. The van der Waals surface area contributed by atoms with Crippen LogP contribution in [0.3, 0.4) is 0 Å². The molecule has 0 aliphatic heterocycles. The monoisotopic (exact) mass is 291 g/mol. The zero-order valence-electron chi connectivity index (χ0n) is 9.98. The summed E-state index contributed by atoms with van der Waals surface area (Å²) >= 11 is -0.639. The fraction of sp³-hybridized carbons (Fsp3) is 0.0714. The van der Waals surface area contributed by atoms with E-state index in [4.69, 9.17) is 22.9 Å². The highest BCUT2D eigenvalue weighted by Crippen LogP contribution is 2.13. The van der Waals surface area contributed by atoms with Gasteiger partial charge >= 0.3 is 18.2 Å². The zero-order chi connectivity index (χ0) is 13.2. The number of ether oxygens (including phenoxy) is 1. The Morgan fingerprint density at radius 2 is 1.50 bits per heavy atom. The van der Waals surface area contributed by atoms with Gasteiger partial charge in [-0.3, -0.25) is 0 Å². The average molecular weight is 292 g/mol. The van der Waals surface area contributed by atoms with Gasteiger partial charge in [-0.15, -0.1) is 0 Å². The molecule has 91 valence electrons. The standard InChI is InChI=1S/C14H13O.2ClH.Mg/c1-12-7-9-14(10-8-12)15-11-13-5-3-2-4-6-13;;;/h2-10H,1,11H2;2*1H;/q;;;+2/p-2. The van der Waals surface area contributed by atoms with Gasteiger partial charge in [0.15, 0.2) is 0 Å². The molecule has 0 bridgehead atoms. The summed E-state index contributed by atoms with van der Waals surface area (Å²) in [4.78, 5) is 0. The van der Waals surface area contributed by atoms with Crippen LogP contribution in [0.2, 0.25) is 0 Å². The van der Waals surface area contributed by atoms with Gasteiger partial charge in [-0.25, -0.2) is 0 Å². The van der Waals surface area contributed by atoms with Crippen molar-refractivity contribution in [2.75, 3.05) is 0 Å². The quantitative estimate of drug-likeness (QED) is 0.760. The van der Waals surface area contributed by atoms with E-state index >= 15 is 0 Å². The number of halogens is 2. The van der Waals surface area contributed by atoms with E-state index < -0.39 is 18.2 Å². The summed E-state index contributed by atoms with van der Waals surface area (Å²) < 4.78 is 5.62. The van der Waals surface area contributed by atoms with Crippen LogP contribution in [-0.4, -0.2) is 18.2 Å². The second kappa shape index (κ2) is 9.51. The van der Waals surface area contributed by atoms with E-state index in [2.05, 4.69) is 19.1 Å². The number of rotatable bonds is 3. The molecule has 0 saturated heterocycles. The first-order chi connectivity index (χ1) is 8.76. The van der Waals surface area contributed by atoms with Gasteiger partial charge in [0, 0.05) is 0 Å². The lowest BCUT2D eigenvalue weighted by Crippen LogP contribution is -1.94. The van der Waals surface area contributed by atoms with E-state index in [1.54, 1.807) is 0 Å². The van der Waals surface area contributed by atoms with Crippen molar-refractivity contribution in [3.05, 3.63) is 72.6 Å². The Morgan fingerprint density at radius 1 is 0.944 bits per heavy atom. The lowest BCUT2D eigenvalue weighted by atomic mass is 10.2. The predicted octanol–water partition coefficient (Wildman–Crippen LogP) is 4.45. The Morgan fingerprint density at radius 3 is 2.06 bits per heavy atom. The summed E-state index contributed by atoms with van der Waals surface area (Å²) in [6.07, 6.45) is 0. The SMILES string of the molecule is [CH2]c1ccc(OCc2ccccc2)cc1.[Cl][Mg][Cl]. The molecular weight excluding hydrogens is 279 g/mol. The van der Waals surface area contributed by atoms with Gasteiger partial charge in [0.2, 0.25) is 0 Å². The molecule has 0 saturated carbocycles. The first kappa shape index (κ1) is 15.6. The van der Waals surface area contributed by atoms with Crippen molar-refractivity contribution in [2.24, 2.45) is 0 Å². The smallest absolute Gasteiger partial charge is 0.489 e. The molecule has 2 aromatic carbocycles. The fourth-order valence-corrected chi connectivity index (χ4v) is 1.33. The maximum atomic E-state index is 5.62. The van der Waals surface area contributed by atoms with Crippen molar-refractivity contribution in [2.45, 2.75) is 6.61 Å². The van der Waals surface area contributed by atoms with Crippen LogP contribution in [0.1, 0.15) is 11.1 Å². The predicted molar refractivity (Wildman–Crippen MR) is 79.1 cm³/mol. The Hall–Kier alpha value is -0.414. The van der Waals surface area contributed by atoms with Crippen LogP contribution in [0.15, 0.2) is 54.6 Å². The minimum Gasteiger partial charge on any atom is -0.489 e. The number of hydrogen-bond acceptors (Lipinski definition) is 1. The van der Waals surface area contributed by atoms with Crippen LogP contribution in [0.5, 0.6) is 5.75 Å². The normalized spacial score (nSPS) is 8.83. The Balaban J connectivity index is 0.000000492. The van der Waals surface area contributed by atoms with Crippen LogP contribution >= 0.6 is 18.1 Å². The van der Waals surface area contributed by atoms with Crippen molar-refractivity contribution < 1.29 is 4.74 Å². The zero-order valence-corrected chi connectivity index (χ0v) is 12.9. The number of benzene rings is 2. The highest BCUT2D eigenvalue weighted by atomic mass is 35.6. The third-order valence-corrected chi connectivity index (χ3v) is 2.17. The highest BCUT2D eigenvalue weighted by molar-refractivity contribution is 7.22. The van der Waals surface area contributed by atoms with Gasteiger partial charge in [-0.2, -0.15) is 0 Å². The van der Waals surface area contributed by atoms with Crippen LogP contribution < -0.4 is 4.74 Å². The van der Waals surface area contributed by atoms with Crippen LogP contribution in [0, 0.1) is 6.92 Å². The molecule has 18 heavy (non-hydrogen) atoms. The molecule has 0 spiro atoms. The molecule has 2 rings (SSSR count).